The molecular formula is C24H31N3O4. The van der Waals surface area contributed by atoms with Crippen LogP contribution in [0.15, 0.2) is 18.2 Å². The molecule has 0 aromatic heterocycles. The molecule has 2 atom stereocenters. The van der Waals surface area contributed by atoms with E-state index >= 15 is 0 Å². The van der Waals surface area contributed by atoms with Gasteiger partial charge in [0.25, 0.3) is 11.8 Å². The number of nitrogens with zero attached hydrogens (tertiary/aromatic N) is 3. The number of carbonyl (C=O) groups excluding carboxylic acids is 3. The predicted molar refractivity (Wildman–Crippen MR) is 116 cm³/mol. The quantitative estimate of drug-likeness (QED) is 0.694. The Kier molecular flexibility index (Phi) is 5.69. The molecule has 31 heavy (non-hydrogen) atoms. The van der Waals surface area contributed by atoms with E-state index in [0.29, 0.717) is 30.8 Å². The summed E-state index contributed by atoms with van der Waals surface area (Å²) in [5.41, 5.74) is 1.77. The number of piperidine rings is 2. The lowest BCUT2D eigenvalue weighted by Crippen LogP contribution is -2.46. The van der Waals surface area contributed by atoms with Crippen molar-refractivity contribution < 1.29 is 19.1 Å². The van der Waals surface area contributed by atoms with E-state index in [9.17, 15) is 14.4 Å². The smallest absolute Gasteiger partial charge is 0.263 e. The molecule has 4 heterocycles. The molecule has 0 aliphatic carbocycles. The highest BCUT2D eigenvalue weighted by atomic mass is 16.5. The van der Waals surface area contributed by atoms with Crippen LogP contribution < -0.4 is 4.90 Å². The van der Waals surface area contributed by atoms with E-state index in [4.69, 9.17) is 4.74 Å². The van der Waals surface area contributed by atoms with E-state index in [2.05, 4.69) is 4.90 Å². The molecule has 7 heteroatoms. The molecule has 166 valence electrons. The number of rotatable bonds is 4. The Morgan fingerprint density at radius 2 is 1.81 bits per heavy atom. The van der Waals surface area contributed by atoms with Gasteiger partial charge in [0.05, 0.1) is 35.4 Å². The normalized spacial score (nSPS) is 26.5. The van der Waals surface area contributed by atoms with E-state index in [1.54, 1.807) is 6.07 Å². The van der Waals surface area contributed by atoms with Gasteiger partial charge in [0.15, 0.2) is 0 Å². The van der Waals surface area contributed by atoms with Crippen molar-refractivity contribution in [1.29, 1.82) is 0 Å². The number of anilines is 1. The minimum atomic E-state index is -0.227. The molecule has 4 aliphatic heterocycles. The third kappa shape index (κ3) is 3.84. The van der Waals surface area contributed by atoms with Crippen molar-refractivity contribution in [3.63, 3.8) is 0 Å². The average molecular weight is 426 g/mol. The Morgan fingerprint density at radius 3 is 2.58 bits per heavy atom. The molecule has 0 radical (unpaired) electrons. The SMILES string of the molecule is O=C([C@H]1CCCN(c2cccc3c2C(=O)N(C[C@@H]2CCCO2)C3=O)C1)N1CCCCC1. The van der Waals surface area contributed by atoms with Gasteiger partial charge in [-0.1, -0.05) is 6.07 Å². The molecule has 3 amide bonds. The topological polar surface area (TPSA) is 70.2 Å². The zero-order chi connectivity index (χ0) is 21.4. The monoisotopic (exact) mass is 425 g/mol. The van der Waals surface area contributed by atoms with Crippen molar-refractivity contribution in [3.05, 3.63) is 29.3 Å². The molecule has 1 aromatic carbocycles. The van der Waals surface area contributed by atoms with E-state index in [1.165, 1.54) is 11.3 Å². The number of hydrogen-bond acceptors (Lipinski definition) is 5. The molecule has 0 saturated carbocycles. The third-order valence-electron chi connectivity index (χ3n) is 7.17. The first kappa shape index (κ1) is 20.5. The van der Waals surface area contributed by atoms with Gasteiger partial charge in [0.1, 0.15) is 0 Å². The highest BCUT2D eigenvalue weighted by molar-refractivity contribution is 6.23. The van der Waals surface area contributed by atoms with E-state index in [1.807, 2.05) is 17.0 Å². The Morgan fingerprint density at radius 1 is 0.968 bits per heavy atom. The fourth-order valence-electron chi connectivity index (χ4n) is 5.51. The van der Waals surface area contributed by atoms with Crippen LogP contribution in [0.1, 0.15) is 65.7 Å². The highest BCUT2D eigenvalue weighted by Gasteiger charge is 2.41. The van der Waals surface area contributed by atoms with Gasteiger partial charge in [-0.3, -0.25) is 19.3 Å². The van der Waals surface area contributed by atoms with Gasteiger partial charge < -0.3 is 14.5 Å². The van der Waals surface area contributed by atoms with Gasteiger partial charge in [-0.25, -0.2) is 0 Å². The summed E-state index contributed by atoms with van der Waals surface area (Å²) in [7, 11) is 0. The fourth-order valence-corrected chi connectivity index (χ4v) is 5.51. The van der Waals surface area contributed by atoms with Crippen molar-refractivity contribution in [2.24, 2.45) is 5.92 Å². The molecular weight excluding hydrogens is 394 g/mol. The Hall–Kier alpha value is -2.41. The van der Waals surface area contributed by atoms with Gasteiger partial charge in [0.2, 0.25) is 5.91 Å². The van der Waals surface area contributed by atoms with Gasteiger partial charge in [0, 0.05) is 32.8 Å². The molecule has 7 nitrogen and oxygen atoms in total. The number of ether oxygens (including phenoxy) is 1. The number of carbonyl (C=O) groups is 3. The van der Waals surface area contributed by atoms with E-state index in [0.717, 1.165) is 63.8 Å². The number of benzene rings is 1. The summed E-state index contributed by atoms with van der Waals surface area (Å²) in [5, 5.41) is 0. The van der Waals surface area contributed by atoms with Gasteiger partial charge in [-0.05, 0) is 57.1 Å². The third-order valence-corrected chi connectivity index (χ3v) is 7.17. The second kappa shape index (κ2) is 8.61. The van der Waals surface area contributed by atoms with Crippen LogP contribution in [0.3, 0.4) is 0 Å². The minimum Gasteiger partial charge on any atom is -0.376 e. The maximum Gasteiger partial charge on any atom is 0.263 e. The number of likely N-dealkylation sites (tertiary alicyclic amines) is 1. The molecule has 0 spiro atoms. The van der Waals surface area contributed by atoms with Crippen molar-refractivity contribution >= 4 is 23.4 Å². The standard InChI is InChI=1S/C24H31N3O4/c28-22(25-11-2-1-3-12-25)17-7-5-13-26(15-17)20-10-4-9-19-21(20)24(30)27(23(19)29)16-18-8-6-14-31-18/h4,9-10,17-18H,1-3,5-8,11-16H2/t17-,18-/m0/s1. The van der Waals surface area contributed by atoms with Crippen LogP contribution in [0.25, 0.3) is 0 Å². The molecule has 5 rings (SSSR count). The van der Waals surface area contributed by atoms with Crippen molar-refractivity contribution in [2.75, 3.05) is 44.2 Å². The highest BCUT2D eigenvalue weighted by Crippen LogP contribution is 2.35. The number of hydrogen-bond donors (Lipinski definition) is 0. The summed E-state index contributed by atoms with van der Waals surface area (Å²) in [4.78, 5) is 44.8. The fraction of sp³-hybridized carbons (Fsp3) is 0.625. The summed E-state index contributed by atoms with van der Waals surface area (Å²) >= 11 is 0. The van der Waals surface area contributed by atoms with Crippen LogP contribution in [-0.4, -0.2) is 73.0 Å². The largest absolute Gasteiger partial charge is 0.376 e. The van der Waals surface area contributed by atoms with Crippen LogP contribution in [0.5, 0.6) is 0 Å². The van der Waals surface area contributed by atoms with Crippen LogP contribution in [0.2, 0.25) is 0 Å². The van der Waals surface area contributed by atoms with Crippen molar-refractivity contribution in [3.8, 4) is 0 Å². The second-order valence-corrected chi connectivity index (χ2v) is 9.23. The molecule has 0 unspecified atom stereocenters. The maximum atomic E-state index is 13.3. The summed E-state index contributed by atoms with van der Waals surface area (Å²) in [6, 6.07) is 5.52. The number of imide groups is 1. The van der Waals surface area contributed by atoms with Crippen LogP contribution in [0.4, 0.5) is 5.69 Å². The zero-order valence-corrected chi connectivity index (χ0v) is 18.1. The molecule has 3 saturated heterocycles. The average Bonchev–Trinajstić information content (AvgIpc) is 3.42. The maximum absolute atomic E-state index is 13.3. The lowest BCUT2D eigenvalue weighted by molar-refractivity contribution is -0.136. The van der Waals surface area contributed by atoms with Crippen LogP contribution >= 0.6 is 0 Å². The van der Waals surface area contributed by atoms with Crippen molar-refractivity contribution in [1.82, 2.24) is 9.80 Å². The van der Waals surface area contributed by atoms with Gasteiger partial charge in [-0.2, -0.15) is 0 Å². The number of amides is 3. The van der Waals surface area contributed by atoms with Crippen LogP contribution in [0, 0.1) is 5.92 Å². The van der Waals surface area contributed by atoms with E-state index < -0.39 is 0 Å². The lowest BCUT2D eigenvalue weighted by Gasteiger charge is -2.37. The summed E-state index contributed by atoms with van der Waals surface area (Å²) in [6.07, 6.45) is 6.97. The minimum absolute atomic E-state index is 0.0436. The first-order chi connectivity index (χ1) is 15.1. The Balaban J connectivity index is 1.35. The molecule has 0 bridgehead atoms. The Labute approximate surface area is 183 Å². The summed E-state index contributed by atoms with van der Waals surface area (Å²) < 4.78 is 5.66. The molecule has 0 N–H and O–H groups in total. The predicted octanol–water partition coefficient (Wildman–Crippen LogP) is 2.69. The number of fused-ring (bicyclic) bond motifs is 1. The Bertz CT molecular complexity index is 874. The lowest BCUT2D eigenvalue weighted by atomic mass is 9.94. The summed E-state index contributed by atoms with van der Waals surface area (Å²) in [6.45, 7) is 4.15. The summed E-state index contributed by atoms with van der Waals surface area (Å²) in [5.74, 6) is -0.247. The zero-order valence-electron chi connectivity index (χ0n) is 18.1. The van der Waals surface area contributed by atoms with Gasteiger partial charge >= 0.3 is 0 Å². The van der Waals surface area contributed by atoms with E-state index in [-0.39, 0.29) is 29.7 Å². The van der Waals surface area contributed by atoms with Crippen LogP contribution in [-0.2, 0) is 9.53 Å². The molecule has 1 aromatic rings. The van der Waals surface area contributed by atoms with Crippen molar-refractivity contribution in [2.45, 2.75) is 51.0 Å². The molecule has 3 fully saturated rings. The first-order valence-corrected chi connectivity index (χ1v) is 11.8. The van der Waals surface area contributed by atoms with Gasteiger partial charge in [-0.15, -0.1) is 0 Å². The first-order valence-electron chi connectivity index (χ1n) is 11.8. The molecule has 4 aliphatic rings. The second-order valence-electron chi connectivity index (χ2n) is 9.23.